The first-order chi connectivity index (χ1) is 20.9. The molecule has 1 saturated carbocycles. The molecular formula is C33H41N7O3. The summed E-state index contributed by atoms with van der Waals surface area (Å²) in [5.74, 6) is -0.764. The van der Waals surface area contributed by atoms with Gasteiger partial charge in [0.15, 0.2) is 0 Å². The Labute approximate surface area is 251 Å². The van der Waals surface area contributed by atoms with Crippen LogP contribution in [0.5, 0.6) is 0 Å². The highest BCUT2D eigenvalue weighted by atomic mass is 16.2. The molecule has 2 aromatic carbocycles. The van der Waals surface area contributed by atoms with E-state index in [-0.39, 0.29) is 24.3 Å². The Morgan fingerprint density at radius 2 is 1.47 bits per heavy atom. The molecular weight excluding hydrogens is 542 g/mol. The summed E-state index contributed by atoms with van der Waals surface area (Å²) in [6, 6.07) is 14.2. The lowest BCUT2D eigenvalue weighted by Gasteiger charge is -2.49. The molecule has 1 aliphatic carbocycles. The molecule has 1 aromatic heterocycles. The van der Waals surface area contributed by atoms with Gasteiger partial charge in [-0.05, 0) is 86.8 Å². The Morgan fingerprint density at radius 3 is 2.16 bits per heavy atom. The van der Waals surface area contributed by atoms with Crippen LogP contribution < -0.4 is 26.4 Å². The van der Waals surface area contributed by atoms with Crippen LogP contribution in [0.3, 0.4) is 0 Å². The average Bonchev–Trinajstić information content (AvgIpc) is 3.03. The lowest BCUT2D eigenvalue weighted by molar-refractivity contribution is -0.136. The van der Waals surface area contributed by atoms with Crippen LogP contribution in [0.4, 0.5) is 17.1 Å². The summed E-state index contributed by atoms with van der Waals surface area (Å²) in [6.45, 7) is 6.37. The molecule has 3 N–H and O–H groups in total. The molecule has 3 aromatic rings. The molecule has 3 aliphatic heterocycles. The summed E-state index contributed by atoms with van der Waals surface area (Å²) in [4.78, 5) is 45.0. The van der Waals surface area contributed by atoms with Gasteiger partial charge in [-0.3, -0.25) is 24.6 Å². The van der Waals surface area contributed by atoms with Gasteiger partial charge in [0, 0.05) is 74.2 Å². The van der Waals surface area contributed by atoms with E-state index in [4.69, 9.17) is 5.73 Å². The number of piperazine rings is 1. The molecule has 1 unspecified atom stereocenters. The standard InChI is InChI=1S/C33H41N7O3/c34-24-2-5-25(6-3-24)38-17-19-39(20-18-38)26-9-11-33(12-10-26)13-15-37(16-14-33)27-4-1-23-22-35-40(32(43)28(23)21-27)29-7-8-30(41)36-31(29)42/h1-6,21-22,26,29H,7-20,34H2,(H,36,41,42). The van der Waals surface area contributed by atoms with Crippen molar-refractivity contribution in [2.75, 3.05) is 54.8 Å². The van der Waals surface area contributed by atoms with Gasteiger partial charge in [-0.2, -0.15) is 5.10 Å². The van der Waals surface area contributed by atoms with Gasteiger partial charge in [0.05, 0.1) is 11.6 Å². The third-order valence-electron chi connectivity index (χ3n) is 10.6. The van der Waals surface area contributed by atoms with E-state index in [1.807, 2.05) is 24.3 Å². The number of rotatable bonds is 4. The minimum Gasteiger partial charge on any atom is -0.399 e. The quantitative estimate of drug-likeness (QED) is 0.355. The zero-order chi connectivity index (χ0) is 29.6. The highest BCUT2D eigenvalue weighted by Gasteiger charge is 2.40. The maximum atomic E-state index is 13.4. The predicted molar refractivity (Wildman–Crippen MR) is 168 cm³/mol. The first-order valence-corrected chi connectivity index (χ1v) is 15.8. The number of hydrogen-bond donors (Lipinski definition) is 2. The van der Waals surface area contributed by atoms with Crippen molar-refractivity contribution < 1.29 is 9.59 Å². The number of nitrogens with two attached hydrogens (primary N) is 1. The molecule has 7 rings (SSSR count). The first-order valence-electron chi connectivity index (χ1n) is 15.8. The van der Waals surface area contributed by atoms with Crippen molar-refractivity contribution in [2.24, 2.45) is 5.41 Å². The van der Waals surface area contributed by atoms with E-state index in [0.717, 1.165) is 56.0 Å². The van der Waals surface area contributed by atoms with Gasteiger partial charge in [-0.15, -0.1) is 0 Å². The number of benzene rings is 2. The van der Waals surface area contributed by atoms with Crippen molar-refractivity contribution in [2.45, 2.75) is 63.5 Å². The van der Waals surface area contributed by atoms with Crippen LogP contribution in [-0.2, 0) is 9.59 Å². The molecule has 226 valence electrons. The lowest BCUT2D eigenvalue weighted by atomic mass is 9.66. The largest absolute Gasteiger partial charge is 0.399 e. The van der Waals surface area contributed by atoms with Gasteiger partial charge in [0.1, 0.15) is 6.04 Å². The highest BCUT2D eigenvalue weighted by molar-refractivity contribution is 5.99. The summed E-state index contributed by atoms with van der Waals surface area (Å²) >= 11 is 0. The fraction of sp³-hybridized carbons (Fsp3) is 0.515. The Morgan fingerprint density at radius 1 is 0.791 bits per heavy atom. The van der Waals surface area contributed by atoms with E-state index in [1.54, 1.807) is 6.20 Å². The van der Waals surface area contributed by atoms with Crippen LogP contribution >= 0.6 is 0 Å². The molecule has 0 radical (unpaired) electrons. The van der Waals surface area contributed by atoms with Gasteiger partial charge < -0.3 is 15.5 Å². The normalized spacial score (nSPS) is 23.6. The number of carbonyl (C=O) groups is 2. The first kappa shape index (κ1) is 27.9. The Bertz CT molecular complexity index is 1560. The van der Waals surface area contributed by atoms with Crippen LogP contribution in [0, 0.1) is 5.41 Å². The van der Waals surface area contributed by atoms with Crippen LogP contribution in [0.25, 0.3) is 10.8 Å². The molecule has 43 heavy (non-hydrogen) atoms. The molecule has 10 heteroatoms. The minimum atomic E-state index is -0.754. The summed E-state index contributed by atoms with van der Waals surface area (Å²) in [5.41, 5.74) is 9.15. The number of hydrogen-bond acceptors (Lipinski definition) is 8. The lowest BCUT2D eigenvalue weighted by Crippen LogP contribution is -2.52. The minimum absolute atomic E-state index is 0.208. The van der Waals surface area contributed by atoms with Crippen LogP contribution in [-0.4, -0.2) is 71.8 Å². The average molecular weight is 584 g/mol. The number of piperidine rings is 2. The van der Waals surface area contributed by atoms with Gasteiger partial charge in [-0.1, -0.05) is 6.07 Å². The number of nitrogen functional groups attached to an aromatic ring is 1. The smallest absolute Gasteiger partial charge is 0.275 e. The molecule has 1 spiro atoms. The molecule has 0 bridgehead atoms. The van der Waals surface area contributed by atoms with Crippen molar-refractivity contribution >= 4 is 39.6 Å². The Hall–Kier alpha value is -3.92. The molecule has 4 aliphatic rings. The van der Waals surface area contributed by atoms with Gasteiger partial charge >= 0.3 is 0 Å². The van der Waals surface area contributed by atoms with Gasteiger partial charge in [0.2, 0.25) is 5.91 Å². The summed E-state index contributed by atoms with van der Waals surface area (Å²) in [5, 5.41) is 7.93. The van der Waals surface area contributed by atoms with E-state index in [2.05, 4.69) is 43.3 Å². The second-order valence-corrected chi connectivity index (χ2v) is 13.0. The zero-order valence-electron chi connectivity index (χ0n) is 24.7. The monoisotopic (exact) mass is 583 g/mol. The van der Waals surface area contributed by atoms with E-state index in [9.17, 15) is 14.4 Å². The van der Waals surface area contributed by atoms with E-state index >= 15 is 0 Å². The van der Waals surface area contributed by atoms with Crippen molar-refractivity contribution in [3.8, 4) is 0 Å². The molecule has 4 heterocycles. The Balaban J connectivity index is 0.953. The summed E-state index contributed by atoms with van der Waals surface area (Å²) in [6.07, 6.45) is 9.66. The fourth-order valence-corrected chi connectivity index (χ4v) is 7.83. The van der Waals surface area contributed by atoms with Crippen LogP contribution in [0.2, 0.25) is 0 Å². The third kappa shape index (κ3) is 5.48. The fourth-order valence-electron chi connectivity index (χ4n) is 7.83. The molecule has 2 amide bonds. The number of aromatic nitrogens is 2. The summed E-state index contributed by atoms with van der Waals surface area (Å²) < 4.78 is 1.25. The number of nitrogens with zero attached hydrogens (tertiary/aromatic N) is 5. The number of carbonyl (C=O) groups excluding carboxylic acids is 2. The number of nitrogens with one attached hydrogen (secondary N) is 1. The van der Waals surface area contributed by atoms with Crippen molar-refractivity contribution in [3.63, 3.8) is 0 Å². The third-order valence-corrected chi connectivity index (χ3v) is 10.6. The number of anilines is 3. The van der Waals surface area contributed by atoms with Crippen molar-refractivity contribution in [1.29, 1.82) is 0 Å². The second kappa shape index (κ2) is 11.3. The van der Waals surface area contributed by atoms with E-state index in [1.165, 1.54) is 48.9 Å². The van der Waals surface area contributed by atoms with E-state index in [0.29, 0.717) is 16.8 Å². The van der Waals surface area contributed by atoms with Crippen LogP contribution in [0.15, 0.2) is 53.5 Å². The van der Waals surface area contributed by atoms with Gasteiger partial charge in [-0.25, -0.2) is 4.68 Å². The molecule has 3 saturated heterocycles. The van der Waals surface area contributed by atoms with Crippen molar-refractivity contribution in [3.05, 3.63) is 59.0 Å². The number of imide groups is 1. The van der Waals surface area contributed by atoms with Crippen molar-refractivity contribution in [1.82, 2.24) is 20.0 Å². The number of amides is 2. The second-order valence-electron chi connectivity index (χ2n) is 13.0. The predicted octanol–water partition coefficient (Wildman–Crippen LogP) is 3.31. The molecule has 10 nitrogen and oxygen atoms in total. The van der Waals surface area contributed by atoms with Crippen LogP contribution in [0.1, 0.15) is 57.4 Å². The maximum Gasteiger partial charge on any atom is 0.275 e. The number of fused-ring (bicyclic) bond motifs is 1. The van der Waals surface area contributed by atoms with Gasteiger partial charge in [0.25, 0.3) is 11.5 Å². The molecule has 4 fully saturated rings. The summed E-state index contributed by atoms with van der Waals surface area (Å²) in [7, 11) is 0. The highest BCUT2D eigenvalue weighted by Crippen LogP contribution is 2.46. The SMILES string of the molecule is Nc1ccc(N2CCN(C3CCC4(CC3)CCN(c3ccc5cnn(C6CCC(=O)NC6=O)c(=O)c5c3)CC4)CC2)cc1. The van der Waals surface area contributed by atoms with E-state index < -0.39 is 11.9 Å². The Kier molecular flexibility index (Phi) is 7.33. The molecule has 1 atom stereocenters. The topological polar surface area (TPSA) is 117 Å². The maximum absolute atomic E-state index is 13.4. The zero-order valence-corrected chi connectivity index (χ0v) is 24.7.